The van der Waals surface area contributed by atoms with Gasteiger partial charge in [0.25, 0.3) is 5.91 Å². The Hall–Kier alpha value is -3.47. The first kappa shape index (κ1) is 15.1. The molecule has 0 aromatic heterocycles. The fourth-order valence-corrected chi connectivity index (χ4v) is 3.08. The number of para-hydroxylation sites is 1. The van der Waals surface area contributed by atoms with E-state index in [1.54, 1.807) is 30.3 Å². The molecule has 2 aliphatic heterocycles. The van der Waals surface area contributed by atoms with Crippen molar-refractivity contribution in [3.63, 3.8) is 0 Å². The van der Waals surface area contributed by atoms with E-state index < -0.39 is 17.8 Å². The Morgan fingerprint density at radius 2 is 1.64 bits per heavy atom. The van der Waals surface area contributed by atoms with E-state index >= 15 is 0 Å². The van der Waals surface area contributed by atoms with Gasteiger partial charge in [0.2, 0.25) is 5.91 Å². The minimum atomic E-state index is -0.595. The van der Waals surface area contributed by atoms with E-state index in [-0.39, 0.29) is 11.1 Å². The van der Waals surface area contributed by atoms with Crippen LogP contribution in [-0.4, -0.2) is 17.8 Å². The molecule has 0 spiro atoms. The minimum Gasteiger partial charge on any atom is -0.422 e. The highest BCUT2D eigenvalue weighted by Gasteiger charge is 2.39. The van der Waals surface area contributed by atoms with Crippen molar-refractivity contribution in [3.05, 3.63) is 77.4 Å². The van der Waals surface area contributed by atoms with Crippen LogP contribution in [-0.2, 0) is 19.1 Å². The molecule has 0 saturated carbocycles. The fourth-order valence-electron chi connectivity index (χ4n) is 3.08. The van der Waals surface area contributed by atoms with Crippen molar-refractivity contribution in [2.45, 2.75) is 6.92 Å². The molecule has 2 amide bonds. The maximum atomic E-state index is 12.8. The van der Waals surface area contributed by atoms with Crippen LogP contribution in [0.25, 0.3) is 11.3 Å². The molecule has 0 fully saturated rings. The van der Waals surface area contributed by atoms with Crippen molar-refractivity contribution >= 4 is 34.8 Å². The third kappa shape index (κ3) is 2.29. The number of esters is 1. The largest absolute Gasteiger partial charge is 0.422 e. The van der Waals surface area contributed by atoms with E-state index in [1.807, 2.05) is 30.3 Å². The maximum Gasteiger partial charge on any atom is 0.344 e. The standard InChI is InChI=1S/C20H13NO4/c1-12(22)21-16-10-6-5-9-14(16)18(19(21)23)15-11-17(25-20(15)24)13-7-3-2-4-8-13/h2-11H,1H3/b18-15+. The summed E-state index contributed by atoms with van der Waals surface area (Å²) in [5, 5.41) is 0. The van der Waals surface area contributed by atoms with E-state index in [0.29, 0.717) is 17.0 Å². The molecule has 2 aromatic rings. The zero-order valence-electron chi connectivity index (χ0n) is 13.4. The van der Waals surface area contributed by atoms with Gasteiger partial charge in [0, 0.05) is 18.1 Å². The molecule has 0 N–H and O–H groups in total. The Labute approximate surface area is 143 Å². The normalized spacial score (nSPS) is 18.9. The average molecular weight is 331 g/mol. The monoisotopic (exact) mass is 331 g/mol. The maximum absolute atomic E-state index is 12.8. The summed E-state index contributed by atoms with van der Waals surface area (Å²) in [5.74, 6) is -1.11. The van der Waals surface area contributed by atoms with Crippen LogP contribution in [0.2, 0.25) is 0 Å². The molecule has 122 valence electrons. The van der Waals surface area contributed by atoms with Gasteiger partial charge in [-0.3, -0.25) is 9.59 Å². The summed E-state index contributed by atoms with van der Waals surface area (Å²) in [4.78, 5) is 38.2. The second-order valence-corrected chi connectivity index (χ2v) is 5.73. The highest BCUT2D eigenvalue weighted by atomic mass is 16.5. The third-order valence-corrected chi connectivity index (χ3v) is 4.17. The number of ether oxygens (including phenoxy) is 1. The third-order valence-electron chi connectivity index (χ3n) is 4.17. The quantitative estimate of drug-likeness (QED) is 0.595. The van der Waals surface area contributed by atoms with Gasteiger partial charge < -0.3 is 4.74 Å². The molecule has 0 unspecified atom stereocenters. The molecule has 4 rings (SSSR count). The minimum absolute atomic E-state index is 0.167. The van der Waals surface area contributed by atoms with Crippen molar-refractivity contribution in [1.82, 2.24) is 0 Å². The Morgan fingerprint density at radius 3 is 2.36 bits per heavy atom. The number of rotatable bonds is 1. The summed E-state index contributed by atoms with van der Waals surface area (Å²) in [6.07, 6.45) is 1.56. The summed E-state index contributed by atoms with van der Waals surface area (Å²) in [6, 6.07) is 16.1. The first-order valence-corrected chi connectivity index (χ1v) is 7.76. The van der Waals surface area contributed by atoms with Gasteiger partial charge >= 0.3 is 5.97 Å². The highest BCUT2D eigenvalue weighted by Crippen LogP contribution is 2.41. The Morgan fingerprint density at radius 1 is 0.960 bits per heavy atom. The number of benzene rings is 2. The van der Waals surface area contributed by atoms with Gasteiger partial charge in [0.15, 0.2) is 0 Å². The van der Waals surface area contributed by atoms with Gasteiger partial charge in [-0.15, -0.1) is 0 Å². The van der Waals surface area contributed by atoms with E-state index in [0.717, 1.165) is 10.5 Å². The van der Waals surface area contributed by atoms with Crippen LogP contribution in [0.3, 0.4) is 0 Å². The Kier molecular flexibility index (Phi) is 3.35. The topological polar surface area (TPSA) is 63.7 Å². The van der Waals surface area contributed by atoms with Crippen LogP contribution >= 0.6 is 0 Å². The van der Waals surface area contributed by atoms with E-state index in [4.69, 9.17) is 4.74 Å². The smallest absolute Gasteiger partial charge is 0.344 e. The van der Waals surface area contributed by atoms with Crippen LogP contribution in [0.1, 0.15) is 18.1 Å². The zero-order chi connectivity index (χ0) is 17.6. The van der Waals surface area contributed by atoms with Gasteiger partial charge in [0.1, 0.15) is 5.76 Å². The lowest BCUT2D eigenvalue weighted by Crippen LogP contribution is -2.31. The number of hydrogen-bond acceptors (Lipinski definition) is 4. The number of carbonyl (C=O) groups is 3. The van der Waals surface area contributed by atoms with Crippen LogP contribution in [0.5, 0.6) is 0 Å². The first-order chi connectivity index (χ1) is 12.1. The van der Waals surface area contributed by atoms with Crippen LogP contribution in [0.4, 0.5) is 5.69 Å². The van der Waals surface area contributed by atoms with Crippen LogP contribution in [0.15, 0.2) is 66.2 Å². The van der Waals surface area contributed by atoms with Crippen molar-refractivity contribution in [2.75, 3.05) is 4.90 Å². The number of hydrogen-bond donors (Lipinski definition) is 0. The average Bonchev–Trinajstić information content (AvgIpc) is 3.12. The second kappa shape index (κ2) is 5.56. The number of fused-ring (bicyclic) bond motifs is 1. The number of anilines is 1. The van der Waals surface area contributed by atoms with Crippen LogP contribution in [0, 0.1) is 0 Å². The van der Waals surface area contributed by atoms with Gasteiger partial charge in [-0.05, 0) is 12.1 Å². The number of cyclic esters (lactones) is 1. The van der Waals surface area contributed by atoms with Crippen molar-refractivity contribution in [3.8, 4) is 0 Å². The highest BCUT2D eigenvalue weighted by molar-refractivity contribution is 6.42. The number of nitrogens with zero attached hydrogens (tertiary/aromatic N) is 1. The van der Waals surface area contributed by atoms with E-state index in [9.17, 15) is 14.4 Å². The molecule has 0 atom stereocenters. The summed E-state index contributed by atoms with van der Waals surface area (Å²) in [6.45, 7) is 1.32. The molecule has 0 aliphatic carbocycles. The van der Waals surface area contributed by atoms with Gasteiger partial charge in [-0.1, -0.05) is 48.5 Å². The van der Waals surface area contributed by atoms with Gasteiger partial charge in [-0.25, -0.2) is 9.69 Å². The molecular formula is C20H13NO4. The second-order valence-electron chi connectivity index (χ2n) is 5.73. The zero-order valence-corrected chi connectivity index (χ0v) is 13.4. The first-order valence-electron chi connectivity index (χ1n) is 7.76. The lowest BCUT2D eigenvalue weighted by Gasteiger charge is -2.11. The molecule has 0 radical (unpaired) electrons. The van der Waals surface area contributed by atoms with Crippen molar-refractivity contribution in [2.24, 2.45) is 0 Å². The number of carbonyl (C=O) groups excluding carboxylic acids is 3. The van der Waals surface area contributed by atoms with Crippen molar-refractivity contribution in [1.29, 1.82) is 0 Å². The lowest BCUT2D eigenvalue weighted by atomic mass is 10.0. The summed E-state index contributed by atoms with van der Waals surface area (Å²) in [7, 11) is 0. The number of amides is 2. The fraction of sp³-hybridized carbons (Fsp3) is 0.0500. The summed E-state index contributed by atoms with van der Waals surface area (Å²) in [5.41, 5.74) is 2.15. The van der Waals surface area contributed by atoms with Crippen molar-refractivity contribution < 1.29 is 19.1 Å². The predicted molar refractivity (Wildman–Crippen MR) is 92.0 cm³/mol. The van der Waals surface area contributed by atoms with E-state index in [1.165, 1.54) is 6.92 Å². The van der Waals surface area contributed by atoms with Crippen LogP contribution < -0.4 is 4.90 Å². The molecule has 0 saturated heterocycles. The molecule has 2 heterocycles. The molecule has 2 aliphatic rings. The summed E-state index contributed by atoms with van der Waals surface area (Å²) >= 11 is 0. The molecule has 2 aromatic carbocycles. The lowest BCUT2D eigenvalue weighted by molar-refractivity contribution is -0.131. The molecule has 25 heavy (non-hydrogen) atoms. The molecule has 0 bridgehead atoms. The summed E-state index contributed by atoms with van der Waals surface area (Å²) < 4.78 is 5.34. The molecule has 5 nitrogen and oxygen atoms in total. The Bertz CT molecular complexity index is 986. The van der Waals surface area contributed by atoms with E-state index in [2.05, 4.69) is 0 Å². The predicted octanol–water partition coefficient (Wildman–Crippen LogP) is 2.93. The molecular weight excluding hydrogens is 318 g/mol. The number of imide groups is 1. The van der Waals surface area contributed by atoms with Gasteiger partial charge in [0.05, 0.1) is 16.8 Å². The SMILES string of the molecule is CC(=O)N1C(=O)/C(=C2\C=C(c3ccccc3)OC2=O)c2ccccc21. The Balaban J connectivity index is 1.91. The molecule has 5 heteroatoms. The van der Waals surface area contributed by atoms with Gasteiger partial charge in [-0.2, -0.15) is 0 Å².